The van der Waals surface area contributed by atoms with E-state index in [9.17, 15) is 5.26 Å². The van der Waals surface area contributed by atoms with Gasteiger partial charge in [0.2, 0.25) is 0 Å². The molecular weight excluding hydrogens is 298 g/mol. The molecule has 1 nitrogen and oxygen atoms in total. The van der Waals surface area contributed by atoms with Crippen LogP contribution in [0, 0.1) is 11.3 Å². The Bertz CT molecular complexity index is 1020. The zero-order chi connectivity index (χ0) is 15.6. The molecule has 0 bridgehead atoms. The van der Waals surface area contributed by atoms with Crippen LogP contribution in [0.25, 0.3) is 34.1 Å². The minimum absolute atomic E-state index is 0.779. The van der Waals surface area contributed by atoms with Crippen LogP contribution in [0.4, 0.5) is 0 Å². The maximum absolute atomic E-state index is 9.56. The van der Waals surface area contributed by atoms with Crippen molar-refractivity contribution >= 4 is 34.3 Å². The third-order valence-corrected chi connectivity index (χ3v) is 4.95. The summed E-state index contributed by atoms with van der Waals surface area (Å²) in [5, 5.41) is 13.9. The fraction of sp³-hybridized carbons (Fsp3) is 0. The lowest BCUT2D eigenvalue weighted by molar-refractivity contribution is 1.51. The van der Waals surface area contributed by atoms with Gasteiger partial charge in [0.1, 0.15) is 6.07 Å². The van der Waals surface area contributed by atoms with Gasteiger partial charge in [0.05, 0.1) is 5.56 Å². The van der Waals surface area contributed by atoms with E-state index in [1.165, 1.54) is 15.8 Å². The zero-order valence-electron chi connectivity index (χ0n) is 12.4. The molecule has 0 spiro atoms. The second-order valence-electron chi connectivity index (χ2n) is 5.36. The van der Waals surface area contributed by atoms with Gasteiger partial charge >= 0.3 is 0 Å². The van der Waals surface area contributed by atoms with E-state index >= 15 is 0 Å². The largest absolute Gasteiger partial charge is 0.192 e. The second-order valence-corrected chi connectivity index (χ2v) is 6.27. The summed E-state index contributed by atoms with van der Waals surface area (Å²) in [7, 11) is 0. The maximum atomic E-state index is 9.56. The lowest BCUT2D eigenvalue weighted by Gasteiger charge is -1.96. The van der Waals surface area contributed by atoms with E-state index in [0.29, 0.717) is 0 Å². The van der Waals surface area contributed by atoms with Gasteiger partial charge in [-0.05, 0) is 17.2 Å². The Morgan fingerprint density at radius 3 is 2.26 bits per heavy atom. The van der Waals surface area contributed by atoms with Crippen LogP contribution in [0.5, 0.6) is 0 Å². The summed E-state index contributed by atoms with van der Waals surface area (Å²) in [6.45, 7) is 0. The van der Waals surface area contributed by atoms with Crippen LogP contribution in [0.3, 0.4) is 0 Å². The van der Waals surface area contributed by atoms with E-state index in [1.807, 2.05) is 42.5 Å². The van der Waals surface area contributed by atoms with E-state index in [4.69, 9.17) is 0 Å². The smallest absolute Gasteiger partial charge is 0.100 e. The Morgan fingerprint density at radius 2 is 1.52 bits per heavy atom. The summed E-state index contributed by atoms with van der Waals surface area (Å²) in [4.78, 5) is 1.20. The van der Waals surface area contributed by atoms with Gasteiger partial charge in [-0.1, -0.05) is 66.7 Å². The highest BCUT2D eigenvalue weighted by Gasteiger charge is 2.19. The lowest BCUT2D eigenvalue weighted by Crippen LogP contribution is -1.73. The number of hydrogen-bond donors (Lipinski definition) is 0. The van der Waals surface area contributed by atoms with Crippen LogP contribution in [0.2, 0.25) is 0 Å². The molecule has 0 saturated carbocycles. The summed E-state index contributed by atoms with van der Waals surface area (Å²) in [5.74, 6) is 0. The summed E-state index contributed by atoms with van der Waals surface area (Å²) < 4.78 is 0. The van der Waals surface area contributed by atoms with Gasteiger partial charge in [0.15, 0.2) is 0 Å². The van der Waals surface area contributed by atoms with Crippen LogP contribution in [0.15, 0.2) is 66.0 Å². The molecule has 0 fully saturated rings. The van der Waals surface area contributed by atoms with Gasteiger partial charge in [0.25, 0.3) is 0 Å². The molecule has 108 valence electrons. The van der Waals surface area contributed by atoms with Gasteiger partial charge in [-0.25, -0.2) is 0 Å². The lowest BCUT2D eigenvalue weighted by atomic mass is 10.1. The van der Waals surface area contributed by atoms with Gasteiger partial charge in [0, 0.05) is 26.6 Å². The monoisotopic (exact) mass is 311 g/mol. The molecule has 0 N–H and O–H groups in total. The standard InChI is InChI=1S/C21H13NS/c22-13-18-16-9-5-2-6-10-17(16)21-19(18)14-23-20(21)12-11-15-7-3-1-4-8-15/h1-12,14H/b12-11+. The normalized spacial score (nSPS) is 11.3. The highest BCUT2D eigenvalue weighted by Crippen LogP contribution is 2.43. The fourth-order valence-electron chi connectivity index (χ4n) is 2.94. The molecule has 4 rings (SSSR count). The van der Waals surface area contributed by atoms with E-state index < -0.39 is 0 Å². The van der Waals surface area contributed by atoms with Crippen LogP contribution in [-0.2, 0) is 0 Å². The van der Waals surface area contributed by atoms with E-state index in [-0.39, 0.29) is 0 Å². The third kappa shape index (κ3) is 2.32. The number of rotatable bonds is 2. The molecule has 0 unspecified atom stereocenters. The highest BCUT2D eigenvalue weighted by molar-refractivity contribution is 7.12. The van der Waals surface area contributed by atoms with Crippen LogP contribution < -0.4 is 0 Å². The Hall–Kier alpha value is -2.89. The molecule has 1 aromatic heterocycles. The second kappa shape index (κ2) is 5.72. The summed E-state index contributed by atoms with van der Waals surface area (Å²) >= 11 is 1.69. The van der Waals surface area contributed by atoms with Gasteiger partial charge in [-0.2, -0.15) is 5.26 Å². The number of hydrogen-bond acceptors (Lipinski definition) is 2. The molecule has 2 heteroatoms. The van der Waals surface area contributed by atoms with Crippen molar-refractivity contribution < 1.29 is 0 Å². The van der Waals surface area contributed by atoms with Crippen molar-refractivity contribution in [2.24, 2.45) is 0 Å². The predicted octanol–water partition coefficient (Wildman–Crippen LogP) is 6.05. The number of nitrogens with zero attached hydrogens (tertiary/aromatic N) is 1. The minimum atomic E-state index is 0.779. The number of benzene rings is 1. The SMILES string of the molecule is N#Cc1c2cccccc-2c2c(/C=C/c3ccccc3)scc12. The molecule has 2 aliphatic carbocycles. The van der Waals surface area contributed by atoms with E-state index in [1.54, 1.807) is 11.3 Å². The van der Waals surface area contributed by atoms with Crippen molar-refractivity contribution in [2.45, 2.75) is 0 Å². The van der Waals surface area contributed by atoms with Gasteiger partial charge < -0.3 is 0 Å². The molecule has 23 heavy (non-hydrogen) atoms. The van der Waals surface area contributed by atoms with Crippen molar-refractivity contribution in [1.82, 2.24) is 0 Å². The highest BCUT2D eigenvalue weighted by atomic mass is 32.1. The first-order chi connectivity index (χ1) is 11.4. The first-order valence-electron chi connectivity index (χ1n) is 7.43. The molecule has 2 aliphatic rings. The Labute approximate surface area is 139 Å². The summed E-state index contributed by atoms with van der Waals surface area (Å²) in [6, 6.07) is 22.8. The molecule has 1 heterocycles. The zero-order valence-corrected chi connectivity index (χ0v) is 13.2. The first-order valence-corrected chi connectivity index (χ1v) is 8.31. The average molecular weight is 311 g/mol. The Kier molecular flexibility index (Phi) is 3.42. The van der Waals surface area contributed by atoms with E-state index in [2.05, 4.69) is 41.8 Å². The van der Waals surface area contributed by atoms with Crippen molar-refractivity contribution in [3.05, 3.63) is 82.0 Å². The molecule has 1 aromatic carbocycles. The molecule has 0 aliphatic heterocycles. The van der Waals surface area contributed by atoms with Crippen LogP contribution in [0.1, 0.15) is 16.0 Å². The van der Waals surface area contributed by atoms with Crippen molar-refractivity contribution in [3.63, 3.8) is 0 Å². The van der Waals surface area contributed by atoms with Gasteiger partial charge in [-0.3, -0.25) is 0 Å². The average Bonchev–Trinajstić information content (AvgIpc) is 3.02. The molecular formula is C21H13NS. The Balaban J connectivity index is 1.92. The molecule has 0 saturated heterocycles. The third-order valence-electron chi connectivity index (χ3n) is 4.00. The van der Waals surface area contributed by atoms with Crippen LogP contribution in [-0.4, -0.2) is 0 Å². The molecule has 0 amide bonds. The van der Waals surface area contributed by atoms with Crippen molar-refractivity contribution in [1.29, 1.82) is 5.26 Å². The number of thiophene rings is 1. The fourth-order valence-corrected chi connectivity index (χ4v) is 3.91. The summed E-state index contributed by atoms with van der Waals surface area (Å²) in [5.41, 5.74) is 4.14. The number of fused-ring (bicyclic) bond motifs is 3. The maximum Gasteiger partial charge on any atom is 0.100 e. The van der Waals surface area contributed by atoms with Crippen LogP contribution >= 0.6 is 11.3 Å². The first kappa shape index (κ1) is 13.8. The van der Waals surface area contributed by atoms with Crippen molar-refractivity contribution in [3.8, 4) is 17.2 Å². The molecule has 0 radical (unpaired) electrons. The minimum Gasteiger partial charge on any atom is -0.192 e. The topological polar surface area (TPSA) is 23.8 Å². The molecule has 0 atom stereocenters. The number of nitriles is 1. The Morgan fingerprint density at radius 1 is 0.826 bits per heavy atom. The van der Waals surface area contributed by atoms with E-state index in [0.717, 1.165) is 22.1 Å². The predicted molar refractivity (Wildman–Crippen MR) is 98.5 cm³/mol. The van der Waals surface area contributed by atoms with Gasteiger partial charge in [-0.15, -0.1) is 11.3 Å². The van der Waals surface area contributed by atoms with Crippen molar-refractivity contribution in [2.75, 3.05) is 0 Å². The quantitative estimate of drug-likeness (QED) is 0.442. The molecule has 2 aromatic rings. The summed E-state index contributed by atoms with van der Waals surface area (Å²) in [6.07, 6.45) is 4.27.